The Morgan fingerprint density at radius 2 is 1.83 bits per heavy atom. The van der Waals surface area contributed by atoms with Crippen molar-refractivity contribution in [1.29, 1.82) is 0 Å². The molecule has 8 nitrogen and oxygen atoms in total. The van der Waals surface area contributed by atoms with Crippen LogP contribution >= 0.6 is 11.6 Å². The second-order valence-electron chi connectivity index (χ2n) is 11.6. The minimum absolute atomic E-state index is 0.0570. The van der Waals surface area contributed by atoms with Gasteiger partial charge >= 0.3 is 6.36 Å². The Labute approximate surface area is 237 Å². The van der Waals surface area contributed by atoms with Crippen molar-refractivity contribution in [2.75, 3.05) is 37.7 Å². The van der Waals surface area contributed by atoms with E-state index in [0.717, 1.165) is 29.9 Å². The number of nitrogens with zero attached hydrogens (tertiary/aromatic N) is 6. The summed E-state index contributed by atoms with van der Waals surface area (Å²) in [6.45, 7) is 1.28. The number of rotatable bonds is 6. The molecule has 1 aromatic carbocycles. The van der Waals surface area contributed by atoms with Gasteiger partial charge in [0.25, 0.3) is 5.92 Å². The molecule has 1 aliphatic carbocycles. The first-order valence-corrected chi connectivity index (χ1v) is 13.7. The van der Waals surface area contributed by atoms with Crippen LogP contribution in [-0.2, 0) is 17.8 Å². The lowest BCUT2D eigenvalue weighted by Gasteiger charge is -2.59. The lowest BCUT2D eigenvalue weighted by Crippen LogP contribution is -2.62. The number of aromatic nitrogens is 4. The van der Waals surface area contributed by atoms with Gasteiger partial charge in [-0.05, 0) is 48.7 Å². The van der Waals surface area contributed by atoms with Crippen molar-refractivity contribution in [3.63, 3.8) is 0 Å². The average Bonchev–Trinajstić information content (AvgIpc) is 3.11. The molecule has 2 saturated heterocycles. The fourth-order valence-electron chi connectivity index (χ4n) is 6.54. The molecule has 2 aromatic heterocycles. The van der Waals surface area contributed by atoms with Crippen LogP contribution in [0.4, 0.5) is 27.8 Å². The molecule has 3 aromatic rings. The maximum atomic E-state index is 14.9. The van der Waals surface area contributed by atoms with E-state index in [-0.39, 0.29) is 49.2 Å². The summed E-state index contributed by atoms with van der Waals surface area (Å²) in [4.78, 5) is 7.61. The van der Waals surface area contributed by atoms with Gasteiger partial charge in [0.15, 0.2) is 17.4 Å². The number of alkyl halides is 5. The van der Waals surface area contributed by atoms with Crippen molar-refractivity contribution in [2.24, 2.45) is 11.3 Å². The van der Waals surface area contributed by atoms with Gasteiger partial charge in [0.05, 0.1) is 37.9 Å². The van der Waals surface area contributed by atoms with E-state index in [1.54, 1.807) is 21.9 Å². The van der Waals surface area contributed by atoms with Crippen LogP contribution in [-0.4, -0.2) is 69.8 Å². The third-order valence-electron chi connectivity index (χ3n) is 8.52. The summed E-state index contributed by atoms with van der Waals surface area (Å²) in [6, 6.07) is 8.11. The largest absolute Gasteiger partial charge is 0.573 e. The van der Waals surface area contributed by atoms with Gasteiger partial charge in [-0.1, -0.05) is 11.6 Å². The van der Waals surface area contributed by atoms with E-state index in [1.165, 1.54) is 18.3 Å². The van der Waals surface area contributed by atoms with Gasteiger partial charge in [-0.15, -0.1) is 23.4 Å². The van der Waals surface area contributed by atoms with Crippen molar-refractivity contribution in [3.8, 4) is 11.4 Å². The fourth-order valence-corrected chi connectivity index (χ4v) is 6.73. The minimum Gasteiger partial charge on any atom is -0.402 e. The van der Waals surface area contributed by atoms with Gasteiger partial charge < -0.3 is 14.4 Å². The first-order valence-electron chi connectivity index (χ1n) is 13.4. The molecule has 4 aliphatic rings. The molecule has 0 N–H and O–H groups in total. The summed E-state index contributed by atoms with van der Waals surface area (Å²) >= 11 is 6.30. The van der Waals surface area contributed by atoms with Crippen molar-refractivity contribution in [3.05, 3.63) is 58.8 Å². The van der Waals surface area contributed by atoms with Crippen LogP contribution in [0.1, 0.15) is 36.0 Å². The second-order valence-corrected chi connectivity index (χ2v) is 12.0. The van der Waals surface area contributed by atoms with Crippen molar-refractivity contribution in [1.82, 2.24) is 24.6 Å². The maximum Gasteiger partial charge on any atom is 0.573 e. The average molecular weight is 597 g/mol. The Kier molecular flexibility index (Phi) is 6.22. The molecular weight excluding hydrogens is 571 g/mol. The van der Waals surface area contributed by atoms with Gasteiger partial charge in [-0.3, -0.25) is 9.47 Å². The quantitative estimate of drug-likeness (QED) is 0.363. The fraction of sp³-hybridized carbons (Fsp3) is 0.519. The van der Waals surface area contributed by atoms with Crippen LogP contribution in [0.25, 0.3) is 5.69 Å². The standard InChI is InChI=1S/C27H26ClF5N6O2/c28-19-3-4-20-16(6-19)9-37(15-26(29,30)18-11-40-12-18)10-22-35-36-23(39(20)22)17-7-25(8-17)13-38(14-25)24-21(2-1-5-34-24)41-27(31,32)33/h1-6,17-18H,7-15H2. The molecule has 5 heterocycles. The van der Waals surface area contributed by atoms with Crippen LogP contribution in [0.3, 0.4) is 0 Å². The second kappa shape index (κ2) is 9.50. The normalized spacial score (nSPS) is 21.0. The number of ether oxygens (including phenoxy) is 2. The molecule has 1 spiro atoms. The van der Waals surface area contributed by atoms with Gasteiger partial charge in [-0.25, -0.2) is 13.8 Å². The maximum absolute atomic E-state index is 14.9. The monoisotopic (exact) mass is 596 g/mol. The minimum atomic E-state index is -4.80. The molecular formula is C27H26ClF5N6O2. The molecule has 41 heavy (non-hydrogen) atoms. The highest BCUT2D eigenvalue weighted by Gasteiger charge is 2.55. The summed E-state index contributed by atoms with van der Waals surface area (Å²) in [5, 5.41) is 9.45. The zero-order valence-electron chi connectivity index (χ0n) is 21.8. The predicted octanol–water partition coefficient (Wildman–Crippen LogP) is 5.20. The lowest BCUT2D eigenvalue weighted by molar-refractivity contribution is -0.274. The Balaban J connectivity index is 1.09. The molecule has 3 aliphatic heterocycles. The predicted molar refractivity (Wildman–Crippen MR) is 137 cm³/mol. The molecule has 0 bridgehead atoms. The summed E-state index contributed by atoms with van der Waals surface area (Å²) in [7, 11) is 0. The summed E-state index contributed by atoms with van der Waals surface area (Å²) in [6.07, 6.45) is -1.81. The zero-order chi connectivity index (χ0) is 28.6. The topological polar surface area (TPSA) is 68.5 Å². The lowest BCUT2D eigenvalue weighted by atomic mass is 9.57. The number of fused-ring (bicyclic) bond motifs is 3. The molecule has 3 fully saturated rings. The van der Waals surface area contributed by atoms with Crippen LogP contribution in [0.2, 0.25) is 5.02 Å². The molecule has 7 rings (SSSR count). The van der Waals surface area contributed by atoms with Gasteiger partial charge in [0, 0.05) is 42.2 Å². The Bertz CT molecular complexity index is 1460. The number of hydrogen-bond donors (Lipinski definition) is 0. The smallest absolute Gasteiger partial charge is 0.402 e. The molecule has 218 valence electrons. The Morgan fingerprint density at radius 3 is 2.54 bits per heavy atom. The van der Waals surface area contributed by atoms with Gasteiger partial charge in [0.2, 0.25) is 0 Å². The van der Waals surface area contributed by atoms with Crippen molar-refractivity contribution in [2.45, 2.75) is 44.1 Å². The van der Waals surface area contributed by atoms with Crippen molar-refractivity contribution >= 4 is 17.4 Å². The van der Waals surface area contributed by atoms with Crippen LogP contribution in [0.15, 0.2) is 36.5 Å². The number of benzene rings is 1. The number of pyridine rings is 1. The third-order valence-corrected chi connectivity index (χ3v) is 8.75. The third kappa shape index (κ3) is 4.91. The van der Waals surface area contributed by atoms with Crippen LogP contribution in [0, 0.1) is 11.3 Å². The van der Waals surface area contributed by atoms with E-state index in [0.29, 0.717) is 23.9 Å². The number of anilines is 1. The van der Waals surface area contributed by atoms with Crippen molar-refractivity contribution < 1.29 is 31.4 Å². The highest BCUT2D eigenvalue weighted by atomic mass is 35.5. The molecule has 1 saturated carbocycles. The molecule has 0 amide bonds. The highest BCUT2D eigenvalue weighted by Crippen LogP contribution is 2.57. The van der Waals surface area contributed by atoms with E-state index >= 15 is 0 Å². The molecule has 0 atom stereocenters. The first-order chi connectivity index (χ1) is 19.5. The highest BCUT2D eigenvalue weighted by molar-refractivity contribution is 6.30. The van der Waals surface area contributed by atoms with Gasteiger partial charge in [0.1, 0.15) is 5.82 Å². The van der Waals surface area contributed by atoms with Gasteiger partial charge in [-0.2, -0.15) is 0 Å². The summed E-state index contributed by atoms with van der Waals surface area (Å²) < 4.78 is 79.6. The van der Waals surface area contributed by atoms with E-state index in [9.17, 15) is 22.0 Å². The van der Waals surface area contributed by atoms with E-state index in [4.69, 9.17) is 16.3 Å². The SMILES string of the molecule is FC(F)(F)Oc1cccnc1N1CC2(CC(c3nnc4n3-c3ccc(Cl)cc3CN(CC(F)(F)C3COC3)C4)C2)C1. The van der Waals surface area contributed by atoms with Crippen LogP contribution in [0.5, 0.6) is 5.75 Å². The zero-order valence-corrected chi connectivity index (χ0v) is 22.5. The first kappa shape index (κ1) is 26.8. The number of halogens is 6. The Morgan fingerprint density at radius 1 is 1.05 bits per heavy atom. The number of hydrogen-bond acceptors (Lipinski definition) is 7. The summed E-state index contributed by atoms with van der Waals surface area (Å²) in [5.74, 6) is -2.43. The van der Waals surface area contributed by atoms with E-state index in [2.05, 4.69) is 19.9 Å². The molecule has 0 unspecified atom stereocenters. The summed E-state index contributed by atoms with van der Waals surface area (Å²) in [5.41, 5.74) is 1.56. The van der Waals surface area contributed by atoms with E-state index in [1.807, 2.05) is 10.6 Å². The molecule has 14 heteroatoms. The van der Waals surface area contributed by atoms with Crippen LogP contribution < -0.4 is 9.64 Å². The van der Waals surface area contributed by atoms with E-state index < -0.39 is 24.7 Å². The Hall–Kier alpha value is -3.03. The molecule has 0 radical (unpaired) electrons.